The van der Waals surface area contributed by atoms with Crippen molar-refractivity contribution in [3.8, 4) is 16.9 Å². The molecule has 6 nitrogen and oxygen atoms in total. The lowest BCUT2D eigenvalue weighted by atomic mass is 9.94. The monoisotopic (exact) mass is 454 g/mol. The number of ether oxygens (including phenoxy) is 1. The van der Waals surface area contributed by atoms with Gasteiger partial charge in [0.2, 0.25) is 5.43 Å². The first kappa shape index (κ1) is 20.0. The second-order valence-electron chi connectivity index (χ2n) is 8.74. The number of alkyl halides is 2. The molecule has 2 saturated carbocycles. The molecule has 0 bridgehead atoms. The van der Waals surface area contributed by atoms with Crippen molar-refractivity contribution < 1.29 is 27.8 Å². The number of aromatic nitrogens is 1. The molecular weight excluding hydrogens is 437 g/mol. The Balaban J connectivity index is 1.66. The van der Waals surface area contributed by atoms with Crippen molar-refractivity contribution in [2.24, 2.45) is 4.99 Å². The van der Waals surface area contributed by atoms with Gasteiger partial charge in [-0.05, 0) is 54.5 Å². The summed E-state index contributed by atoms with van der Waals surface area (Å²) < 4.78 is 48.7. The molecule has 33 heavy (non-hydrogen) atoms. The summed E-state index contributed by atoms with van der Waals surface area (Å²) in [5.74, 6) is -2.89. The number of carbonyl (C=O) groups is 1. The fraction of sp³-hybridized carbons (Fsp3) is 0.292. The predicted molar refractivity (Wildman–Crippen MR) is 114 cm³/mol. The molecule has 1 aliphatic heterocycles. The molecule has 3 aromatic rings. The first-order chi connectivity index (χ1) is 15.8. The lowest BCUT2D eigenvalue weighted by Gasteiger charge is -2.20. The van der Waals surface area contributed by atoms with Gasteiger partial charge < -0.3 is 14.4 Å². The number of carboxylic acids is 1. The summed E-state index contributed by atoms with van der Waals surface area (Å²) in [6.07, 6.45) is 6.05. The molecular formula is C24H17F3N2O4. The van der Waals surface area contributed by atoms with Gasteiger partial charge in [0.1, 0.15) is 11.4 Å². The van der Waals surface area contributed by atoms with Crippen LogP contribution in [0.2, 0.25) is 0 Å². The molecule has 2 fully saturated rings. The van der Waals surface area contributed by atoms with E-state index in [4.69, 9.17) is 4.74 Å². The third kappa shape index (κ3) is 2.98. The van der Waals surface area contributed by atoms with Crippen molar-refractivity contribution in [3.63, 3.8) is 0 Å². The fourth-order valence-corrected chi connectivity index (χ4v) is 4.75. The summed E-state index contributed by atoms with van der Waals surface area (Å²) in [5, 5.41) is 9.13. The number of aromatic carboxylic acids is 1. The Morgan fingerprint density at radius 1 is 1.24 bits per heavy atom. The van der Waals surface area contributed by atoms with Crippen LogP contribution in [0, 0.1) is 5.82 Å². The minimum atomic E-state index is -3.28. The molecule has 0 radical (unpaired) electrons. The van der Waals surface area contributed by atoms with Crippen molar-refractivity contribution in [1.82, 2.24) is 4.57 Å². The number of hydrogen-bond donors (Lipinski definition) is 1. The number of rotatable bonds is 5. The first-order valence-corrected chi connectivity index (χ1v) is 10.6. The van der Waals surface area contributed by atoms with Crippen LogP contribution in [0.1, 0.15) is 53.2 Å². The molecule has 0 saturated heterocycles. The zero-order valence-corrected chi connectivity index (χ0v) is 17.1. The molecule has 2 aromatic carbocycles. The average molecular weight is 454 g/mol. The van der Waals surface area contributed by atoms with Crippen LogP contribution in [0.4, 0.5) is 13.2 Å². The van der Waals surface area contributed by atoms with Gasteiger partial charge in [0.25, 0.3) is 0 Å². The van der Waals surface area contributed by atoms with Crippen LogP contribution in [-0.2, 0) is 5.54 Å². The van der Waals surface area contributed by atoms with E-state index in [1.165, 1.54) is 4.57 Å². The van der Waals surface area contributed by atoms with E-state index in [9.17, 15) is 23.5 Å². The van der Waals surface area contributed by atoms with Gasteiger partial charge in [-0.1, -0.05) is 12.1 Å². The van der Waals surface area contributed by atoms with Crippen molar-refractivity contribution in [1.29, 1.82) is 0 Å². The number of pyridine rings is 1. The molecule has 9 heteroatoms. The van der Waals surface area contributed by atoms with Crippen LogP contribution in [0.15, 0.2) is 40.2 Å². The summed E-state index contributed by atoms with van der Waals surface area (Å²) in [6.45, 7) is -3.28. The molecule has 1 N–H and O–H groups in total. The molecule has 0 amide bonds. The molecule has 168 valence electrons. The van der Waals surface area contributed by atoms with Crippen LogP contribution in [-0.4, -0.2) is 28.5 Å². The zero-order valence-electron chi connectivity index (χ0n) is 17.1. The first-order valence-electron chi connectivity index (χ1n) is 10.6. The molecule has 6 rings (SSSR count). The third-order valence-corrected chi connectivity index (χ3v) is 6.62. The minimum Gasteiger partial charge on any atom is -0.477 e. The van der Waals surface area contributed by atoms with Crippen LogP contribution in [0.25, 0.3) is 22.0 Å². The maximum Gasteiger partial charge on any atom is 0.387 e. The highest BCUT2D eigenvalue weighted by atomic mass is 19.3. The zero-order chi connectivity index (χ0) is 23.1. The second kappa shape index (κ2) is 6.69. The normalized spacial score (nSPS) is 17.7. The Labute approximate surface area is 184 Å². The van der Waals surface area contributed by atoms with Crippen LogP contribution in [0.3, 0.4) is 0 Å². The van der Waals surface area contributed by atoms with Crippen LogP contribution in [0.5, 0.6) is 5.75 Å². The highest BCUT2D eigenvalue weighted by molar-refractivity contribution is 5.98. The minimum absolute atomic E-state index is 0.0305. The Kier molecular flexibility index (Phi) is 4.06. The number of fused-ring (bicyclic) bond motifs is 3. The number of aliphatic imine (C=N–C) groups is 1. The largest absolute Gasteiger partial charge is 0.477 e. The third-order valence-electron chi connectivity index (χ3n) is 6.62. The van der Waals surface area contributed by atoms with E-state index in [0.717, 1.165) is 36.2 Å². The van der Waals surface area contributed by atoms with Gasteiger partial charge in [0.15, 0.2) is 5.75 Å². The smallest absolute Gasteiger partial charge is 0.387 e. The van der Waals surface area contributed by atoms with Gasteiger partial charge in [-0.3, -0.25) is 9.79 Å². The van der Waals surface area contributed by atoms with E-state index in [1.807, 2.05) is 6.07 Å². The van der Waals surface area contributed by atoms with E-state index in [-0.39, 0.29) is 28.0 Å². The number of carboxylic acid groups (broad SMARTS) is 1. The van der Waals surface area contributed by atoms with Gasteiger partial charge in [-0.25, -0.2) is 9.18 Å². The SMILES string of the molecule is O=C(O)c1cn(C2CC2)c2c(OC(F)F)c(-c3ccc4c(c3)C=NC43CC3)c(F)cc2c1=O. The summed E-state index contributed by atoms with van der Waals surface area (Å²) in [7, 11) is 0. The summed E-state index contributed by atoms with van der Waals surface area (Å²) in [4.78, 5) is 28.9. The van der Waals surface area contributed by atoms with E-state index < -0.39 is 35.1 Å². The number of benzene rings is 2. The van der Waals surface area contributed by atoms with Crippen LogP contribution >= 0.6 is 0 Å². The van der Waals surface area contributed by atoms with E-state index in [1.54, 1.807) is 18.3 Å². The topological polar surface area (TPSA) is 80.9 Å². The summed E-state index contributed by atoms with van der Waals surface area (Å²) >= 11 is 0. The molecule has 0 atom stereocenters. The van der Waals surface area contributed by atoms with Gasteiger partial charge in [0.05, 0.1) is 22.0 Å². The van der Waals surface area contributed by atoms with E-state index >= 15 is 4.39 Å². The second-order valence-corrected chi connectivity index (χ2v) is 8.74. The Bertz CT molecular complexity index is 1450. The number of hydrogen-bond acceptors (Lipinski definition) is 4. The maximum absolute atomic E-state index is 15.4. The van der Waals surface area contributed by atoms with Gasteiger partial charge >= 0.3 is 12.6 Å². The standard InChI is InChI=1S/C24H17F3N2O4/c25-17-8-14-19(29(13-2-3-13)10-15(20(14)30)22(31)32)21(33-23(26)27)18(17)11-1-4-16-12(7-11)9-28-24(16)5-6-24/h1,4,7-10,13,23H,2-3,5-6H2,(H,31,32). The number of halogens is 3. The van der Waals surface area contributed by atoms with E-state index in [0.29, 0.717) is 18.4 Å². The summed E-state index contributed by atoms with van der Waals surface area (Å²) in [6, 6.07) is 5.87. The highest BCUT2D eigenvalue weighted by Crippen LogP contribution is 2.54. The quantitative estimate of drug-likeness (QED) is 0.597. The molecule has 1 spiro atoms. The van der Waals surface area contributed by atoms with E-state index in [2.05, 4.69) is 4.99 Å². The van der Waals surface area contributed by atoms with Crippen molar-refractivity contribution in [2.45, 2.75) is 43.9 Å². The maximum atomic E-state index is 15.4. The molecule has 2 heterocycles. The molecule has 2 aliphatic carbocycles. The Morgan fingerprint density at radius 2 is 2.00 bits per heavy atom. The average Bonchev–Trinajstić information content (AvgIpc) is 3.67. The molecule has 0 unspecified atom stereocenters. The Morgan fingerprint density at radius 3 is 2.64 bits per heavy atom. The van der Waals surface area contributed by atoms with Gasteiger partial charge in [0, 0.05) is 18.5 Å². The van der Waals surface area contributed by atoms with Gasteiger partial charge in [-0.15, -0.1) is 0 Å². The van der Waals surface area contributed by atoms with Crippen LogP contribution < -0.4 is 10.2 Å². The highest BCUT2D eigenvalue weighted by Gasteiger charge is 2.47. The van der Waals surface area contributed by atoms with Crippen molar-refractivity contribution >= 4 is 23.1 Å². The van der Waals surface area contributed by atoms with Crippen molar-refractivity contribution in [3.05, 3.63) is 63.2 Å². The van der Waals surface area contributed by atoms with Gasteiger partial charge in [-0.2, -0.15) is 8.78 Å². The number of nitrogens with zero attached hydrogens (tertiary/aromatic N) is 2. The van der Waals surface area contributed by atoms with Crippen molar-refractivity contribution in [2.75, 3.05) is 0 Å². The lowest BCUT2D eigenvalue weighted by molar-refractivity contribution is -0.0487. The lowest BCUT2D eigenvalue weighted by Crippen LogP contribution is -2.20. The Hall–Kier alpha value is -3.62. The fourth-order valence-electron chi connectivity index (χ4n) is 4.75. The molecule has 1 aromatic heterocycles. The predicted octanol–water partition coefficient (Wildman–Crippen LogP) is 4.86. The molecule has 3 aliphatic rings. The summed E-state index contributed by atoms with van der Waals surface area (Å²) in [5.41, 5.74) is 0.175.